The molecule has 0 aliphatic rings. The molecule has 0 aromatic heterocycles. The van der Waals surface area contributed by atoms with Gasteiger partial charge in [-0.1, -0.05) is 12.1 Å². The van der Waals surface area contributed by atoms with Gasteiger partial charge in [0.15, 0.2) is 0 Å². The number of carbonyl (C=O) groups is 1. The fraction of sp³-hybridized carbons (Fsp3) is 0.133. The molecule has 5 N–H and O–H groups in total. The van der Waals surface area contributed by atoms with E-state index in [-0.39, 0.29) is 17.4 Å². The number of hydrogen-bond donors (Lipinski definition) is 3. The van der Waals surface area contributed by atoms with Crippen LogP contribution in [0.15, 0.2) is 42.5 Å². The Labute approximate surface area is 116 Å². The monoisotopic (exact) mass is 273 g/mol. The highest BCUT2D eigenvalue weighted by Crippen LogP contribution is 2.23. The van der Waals surface area contributed by atoms with Crippen LogP contribution in [-0.4, -0.2) is 5.91 Å². The topological polar surface area (TPSA) is 81.1 Å². The van der Waals surface area contributed by atoms with Crippen LogP contribution in [0.4, 0.5) is 15.8 Å². The summed E-state index contributed by atoms with van der Waals surface area (Å²) in [5.41, 5.74) is 13.0. The third-order valence-corrected chi connectivity index (χ3v) is 3.05. The van der Waals surface area contributed by atoms with Gasteiger partial charge in [-0.05, 0) is 42.8 Å². The Hall–Kier alpha value is -2.56. The highest BCUT2D eigenvalue weighted by molar-refractivity contribution is 5.98. The largest absolute Gasteiger partial charge is 0.398 e. The third kappa shape index (κ3) is 3.06. The van der Waals surface area contributed by atoms with E-state index in [1.165, 1.54) is 12.1 Å². The molecule has 2 rings (SSSR count). The molecule has 1 amide bonds. The van der Waals surface area contributed by atoms with Crippen molar-refractivity contribution in [3.63, 3.8) is 0 Å². The fourth-order valence-electron chi connectivity index (χ4n) is 1.97. The van der Waals surface area contributed by atoms with Crippen LogP contribution in [0.5, 0.6) is 0 Å². The van der Waals surface area contributed by atoms with Crippen LogP contribution in [0.1, 0.15) is 28.9 Å². The van der Waals surface area contributed by atoms with Crippen LogP contribution in [0.2, 0.25) is 0 Å². The van der Waals surface area contributed by atoms with Crippen LogP contribution in [0, 0.1) is 5.82 Å². The Morgan fingerprint density at radius 3 is 2.65 bits per heavy atom. The average Bonchev–Trinajstić information content (AvgIpc) is 2.40. The van der Waals surface area contributed by atoms with Crippen molar-refractivity contribution >= 4 is 17.3 Å². The van der Waals surface area contributed by atoms with Crippen LogP contribution >= 0.6 is 0 Å². The summed E-state index contributed by atoms with van der Waals surface area (Å²) in [5.74, 6) is -0.865. The smallest absolute Gasteiger partial charge is 0.250 e. The predicted octanol–water partition coefficient (Wildman–Crippen LogP) is 2.68. The van der Waals surface area contributed by atoms with Gasteiger partial charge in [-0.25, -0.2) is 4.39 Å². The molecule has 20 heavy (non-hydrogen) atoms. The molecule has 1 unspecified atom stereocenters. The Morgan fingerprint density at radius 1 is 1.25 bits per heavy atom. The van der Waals surface area contributed by atoms with Crippen LogP contribution in [0.25, 0.3) is 0 Å². The summed E-state index contributed by atoms with van der Waals surface area (Å²) in [5, 5.41) is 3.18. The summed E-state index contributed by atoms with van der Waals surface area (Å²) < 4.78 is 13.2. The predicted molar refractivity (Wildman–Crippen MR) is 77.8 cm³/mol. The van der Waals surface area contributed by atoms with Crippen molar-refractivity contribution in [3.8, 4) is 0 Å². The van der Waals surface area contributed by atoms with Crippen molar-refractivity contribution in [1.82, 2.24) is 0 Å². The molecule has 0 spiro atoms. The van der Waals surface area contributed by atoms with E-state index >= 15 is 0 Å². The van der Waals surface area contributed by atoms with Gasteiger partial charge in [0.05, 0.1) is 5.56 Å². The molecule has 104 valence electrons. The van der Waals surface area contributed by atoms with Gasteiger partial charge in [0.25, 0.3) is 5.91 Å². The number of primary amides is 1. The number of anilines is 2. The minimum atomic E-state index is -0.579. The second-order valence-corrected chi connectivity index (χ2v) is 4.59. The highest BCUT2D eigenvalue weighted by Gasteiger charge is 2.10. The number of halogens is 1. The van der Waals surface area contributed by atoms with Gasteiger partial charge in [-0.15, -0.1) is 0 Å². The van der Waals surface area contributed by atoms with Crippen molar-refractivity contribution in [3.05, 3.63) is 59.4 Å². The molecule has 1 atom stereocenters. The molecule has 0 aliphatic heterocycles. The zero-order chi connectivity index (χ0) is 14.7. The summed E-state index contributed by atoms with van der Waals surface area (Å²) in [6, 6.07) is 11.2. The Balaban J connectivity index is 2.22. The van der Waals surface area contributed by atoms with E-state index < -0.39 is 5.91 Å². The van der Waals surface area contributed by atoms with Gasteiger partial charge < -0.3 is 16.8 Å². The SMILES string of the molecule is CC(Nc1ccc(N)c(C(N)=O)c1)c1cccc(F)c1. The van der Waals surface area contributed by atoms with Gasteiger partial charge in [0, 0.05) is 17.4 Å². The molecule has 5 heteroatoms. The Bertz CT molecular complexity index is 643. The first-order chi connectivity index (χ1) is 9.47. The molecule has 2 aromatic rings. The van der Waals surface area contributed by atoms with Crippen molar-refractivity contribution < 1.29 is 9.18 Å². The zero-order valence-corrected chi connectivity index (χ0v) is 11.1. The molecular formula is C15H16FN3O. The van der Waals surface area contributed by atoms with Crippen molar-refractivity contribution in [1.29, 1.82) is 0 Å². The summed E-state index contributed by atoms with van der Waals surface area (Å²) in [6.07, 6.45) is 0. The number of nitrogen functional groups attached to an aromatic ring is 1. The minimum Gasteiger partial charge on any atom is -0.398 e. The number of nitrogens with one attached hydrogen (secondary N) is 1. The summed E-state index contributed by atoms with van der Waals surface area (Å²) >= 11 is 0. The fourth-order valence-corrected chi connectivity index (χ4v) is 1.97. The Kier molecular flexibility index (Phi) is 3.89. The first-order valence-electron chi connectivity index (χ1n) is 6.18. The van der Waals surface area contributed by atoms with E-state index in [4.69, 9.17) is 11.5 Å². The number of benzene rings is 2. The van der Waals surface area contributed by atoms with Gasteiger partial charge in [-0.3, -0.25) is 4.79 Å². The molecule has 0 aliphatic carbocycles. The number of hydrogen-bond acceptors (Lipinski definition) is 3. The lowest BCUT2D eigenvalue weighted by Gasteiger charge is -2.16. The maximum atomic E-state index is 13.2. The van der Waals surface area contributed by atoms with Crippen molar-refractivity contribution in [2.75, 3.05) is 11.1 Å². The summed E-state index contributed by atoms with van der Waals surface area (Å²) in [7, 11) is 0. The molecule has 0 bridgehead atoms. The van der Waals surface area contributed by atoms with Gasteiger partial charge >= 0.3 is 0 Å². The van der Waals surface area contributed by atoms with E-state index in [1.54, 1.807) is 24.3 Å². The van der Waals surface area contributed by atoms with E-state index in [1.807, 2.05) is 13.0 Å². The first-order valence-corrected chi connectivity index (χ1v) is 6.18. The molecule has 2 aromatic carbocycles. The quantitative estimate of drug-likeness (QED) is 0.749. The molecular weight excluding hydrogens is 257 g/mol. The number of amides is 1. The molecule has 0 heterocycles. The maximum absolute atomic E-state index is 13.2. The number of nitrogens with two attached hydrogens (primary N) is 2. The lowest BCUT2D eigenvalue weighted by molar-refractivity contribution is 0.100. The van der Waals surface area contributed by atoms with E-state index in [2.05, 4.69) is 5.32 Å². The van der Waals surface area contributed by atoms with Gasteiger partial charge in [0.2, 0.25) is 0 Å². The van der Waals surface area contributed by atoms with E-state index in [0.717, 1.165) is 5.56 Å². The summed E-state index contributed by atoms with van der Waals surface area (Å²) in [4.78, 5) is 11.2. The van der Waals surface area contributed by atoms with E-state index in [0.29, 0.717) is 11.4 Å². The van der Waals surface area contributed by atoms with Crippen LogP contribution in [-0.2, 0) is 0 Å². The molecule has 0 fully saturated rings. The minimum absolute atomic E-state index is 0.116. The molecule has 4 nitrogen and oxygen atoms in total. The lowest BCUT2D eigenvalue weighted by Crippen LogP contribution is -2.14. The Morgan fingerprint density at radius 2 is 2.00 bits per heavy atom. The van der Waals surface area contributed by atoms with Crippen LogP contribution in [0.3, 0.4) is 0 Å². The van der Waals surface area contributed by atoms with E-state index in [9.17, 15) is 9.18 Å². The third-order valence-electron chi connectivity index (χ3n) is 3.05. The normalized spacial score (nSPS) is 11.9. The second-order valence-electron chi connectivity index (χ2n) is 4.59. The molecule has 0 saturated heterocycles. The molecule has 0 radical (unpaired) electrons. The first kappa shape index (κ1) is 13.9. The standard InChI is InChI=1S/C15H16FN3O/c1-9(10-3-2-4-11(16)7-10)19-12-5-6-14(17)13(8-12)15(18)20/h2-9,19H,17H2,1H3,(H2,18,20). The van der Waals surface area contributed by atoms with Gasteiger partial charge in [0.1, 0.15) is 5.82 Å². The number of carbonyl (C=O) groups excluding carboxylic acids is 1. The van der Waals surface area contributed by atoms with Crippen molar-refractivity contribution in [2.24, 2.45) is 5.73 Å². The zero-order valence-electron chi connectivity index (χ0n) is 11.1. The lowest BCUT2D eigenvalue weighted by atomic mass is 10.1. The van der Waals surface area contributed by atoms with Gasteiger partial charge in [-0.2, -0.15) is 0 Å². The second kappa shape index (κ2) is 5.61. The maximum Gasteiger partial charge on any atom is 0.250 e. The van der Waals surface area contributed by atoms with Crippen molar-refractivity contribution in [2.45, 2.75) is 13.0 Å². The van der Waals surface area contributed by atoms with Crippen LogP contribution < -0.4 is 16.8 Å². The number of rotatable bonds is 4. The highest BCUT2D eigenvalue weighted by atomic mass is 19.1. The average molecular weight is 273 g/mol. The molecule has 0 saturated carbocycles. The summed E-state index contributed by atoms with van der Waals surface area (Å²) in [6.45, 7) is 1.90.